The number of ether oxygens (including phenoxy) is 3. The summed E-state index contributed by atoms with van der Waals surface area (Å²) in [5.74, 6) is 0.782. The first-order valence-corrected chi connectivity index (χ1v) is 10.9. The van der Waals surface area contributed by atoms with Crippen LogP contribution in [0.25, 0.3) is 0 Å². The Kier molecular flexibility index (Phi) is 5.39. The minimum atomic E-state index is -0.168. The third-order valence-electron chi connectivity index (χ3n) is 7.55. The van der Waals surface area contributed by atoms with Crippen molar-refractivity contribution in [2.24, 2.45) is 23.2 Å². The molecule has 154 valence electrons. The first-order valence-electron chi connectivity index (χ1n) is 10.9. The molecule has 0 aromatic heterocycles. The maximum Gasteiger partial charge on any atom is 0.309 e. The Balaban J connectivity index is 1.32. The molecule has 6 unspecified atom stereocenters. The highest BCUT2D eigenvalue weighted by atomic mass is 16.6. The van der Waals surface area contributed by atoms with Crippen LogP contribution in [0, 0.1) is 34.5 Å². The summed E-state index contributed by atoms with van der Waals surface area (Å²) in [6.07, 6.45) is 6.75. The smallest absolute Gasteiger partial charge is 0.309 e. The third kappa shape index (κ3) is 3.32. The van der Waals surface area contributed by atoms with Gasteiger partial charge in [0.05, 0.1) is 30.6 Å². The minimum absolute atomic E-state index is 0.0540. The molecule has 6 heteroatoms. The van der Waals surface area contributed by atoms with Crippen molar-refractivity contribution in [2.75, 3.05) is 0 Å². The van der Waals surface area contributed by atoms with E-state index in [4.69, 9.17) is 19.5 Å². The Morgan fingerprint density at radius 3 is 2.54 bits per heavy atom. The SMILES string of the molecule is CCC(=O)OC1CCC(C(=O)OC2C(OC(C)CC#N)C3CCC4CC432)CC1. The number of nitriles is 1. The molecule has 6 atom stereocenters. The molecule has 28 heavy (non-hydrogen) atoms. The Bertz CT molecular complexity index is 664. The molecule has 0 aromatic rings. The second-order valence-electron chi connectivity index (χ2n) is 9.15. The van der Waals surface area contributed by atoms with Crippen molar-refractivity contribution in [3.63, 3.8) is 0 Å². The Morgan fingerprint density at radius 2 is 1.89 bits per heavy atom. The second kappa shape index (κ2) is 7.67. The Labute approximate surface area is 166 Å². The number of esters is 2. The standard InChI is InChI=1S/C22H31NO5/c1-3-18(24)27-16-7-4-14(5-8-16)21(25)28-20-19(26-13(2)10-11-23)17-9-6-15-12-22(15,17)20/h13-17,19-20H,3-10,12H2,1-2H3. The molecular formula is C22H31NO5. The molecule has 0 amide bonds. The van der Waals surface area contributed by atoms with Crippen molar-refractivity contribution in [3.8, 4) is 6.07 Å². The number of carbonyl (C=O) groups excluding carboxylic acids is 2. The third-order valence-corrected chi connectivity index (χ3v) is 7.55. The maximum absolute atomic E-state index is 12.9. The van der Waals surface area contributed by atoms with Gasteiger partial charge in [0.25, 0.3) is 0 Å². The van der Waals surface area contributed by atoms with Crippen molar-refractivity contribution in [1.29, 1.82) is 5.26 Å². The molecule has 0 aliphatic heterocycles. The molecule has 1 spiro atoms. The Morgan fingerprint density at radius 1 is 1.14 bits per heavy atom. The van der Waals surface area contributed by atoms with E-state index in [0.29, 0.717) is 37.5 Å². The van der Waals surface area contributed by atoms with E-state index in [1.54, 1.807) is 6.92 Å². The predicted octanol–water partition coefficient (Wildman–Crippen LogP) is 3.53. The van der Waals surface area contributed by atoms with Gasteiger partial charge in [-0.05, 0) is 63.7 Å². The summed E-state index contributed by atoms with van der Waals surface area (Å²) in [4.78, 5) is 24.3. The summed E-state index contributed by atoms with van der Waals surface area (Å²) in [6.45, 7) is 3.71. The zero-order chi connectivity index (χ0) is 19.9. The number of nitrogens with zero attached hydrogens (tertiary/aromatic N) is 1. The lowest BCUT2D eigenvalue weighted by Crippen LogP contribution is -2.60. The summed E-state index contributed by atoms with van der Waals surface area (Å²) in [7, 11) is 0. The van der Waals surface area contributed by atoms with Crippen molar-refractivity contribution in [1.82, 2.24) is 0 Å². The zero-order valence-corrected chi connectivity index (χ0v) is 16.9. The van der Waals surface area contributed by atoms with Gasteiger partial charge in [-0.2, -0.15) is 5.26 Å². The van der Waals surface area contributed by atoms with Crippen LogP contribution in [-0.2, 0) is 23.8 Å². The van der Waals surface area contributed by atoms with E-state index in [9.17, 15) is 9.59 Å². The highest BCUT2D eigenvalue weighted by molar-refractivity contribution is 5.73. The van der Waals surface area contributed by atoms with Gasteiger partial charge in [-0.1, -0.05) is 6.92 Å². The van der Waals surface area contributed by atoms with Crippen LogP contribution >= 0.6 is 0 Å². The number of carbonyl (C=O) groups is 2. The number of hydrogen-bond acceptors (Lipinski definition) is 6. The fourth-order valence-electron chi connectivity index (χ4n) is 5.96. The van der Waals surface area contributed by atoms with Crippen molar-refractivity contribution < 1.29 is 23.8 Å². The van der Waals surface area contributed by atoms with Crippen molar-refractivity contribution in [3.05, 3.63) is 0 Å². The van der Waals surface area contributed by atoms with Crippen LogP contribution in [0.5, 0.6) is 0 Å². The van der Waals surface area contributed by atoms with Crippen LogP contribution in [0.4, 0.5) is 0 Å². The molecule has 0 heterocycles. The largest absolute Gasteiger partial charge is 0.462 e. The van der Waals surface area contributed by atoms with Gasteiger partial charge in [0.15, 0.2) is 0 Å². The van der Waals surface area contributed by atoms with Gasteiger partial charge in [-0.25, -0.2) is 0 Å². The van der Waals surface area contributed by atoms with Crippen molar-refractivity contribution >= 4 is 11.9 Å². The zero-order valence-electron chi connectivity index (χ0n) is 16.9. The lowest BCUT2D eigenvalue weighted by molar-refractivity contribution is -0.229. The summed E-state index contributed by atoms with van der Waals surface area (Å²) in [5.41, 5.74) is 0.167. The van der Waals surface area contributed by atoms with E-state index in [2.05, 4.69) is 6.07 Å². The molecule has 4 fully saturated rings. The molecule has 4 saturated carbocycles. The molecule has 0 saturated heterocycles. The molecule has 4 aliphatic rings. The topological polar surface area (TPSA) is 85.6 Å². The second-order valence-corrected chi connectivity index (χ2v) is 9.15. The van der Waals surface area contributed by atoms with Gasteiger partial charge in [-0.15, -0.1) is 0 Å². The highest BCUT2D eigenvalue weighted by Crippen LogP contribution is 2.77. The van der Waals surface area contributed by atoms with Gasteiger partial charge in [0.2, 0.25) is 0 Å². The summed E-state index contributed by atoms with van der Waals surface area (Å²) < 4.78 is 17.6. The number of hydrogen-bond donors (Lipinski definition) is 0. The van der Waals surface area contributed by atoms with Gasteiger partial charge >= 0.3 is 11.9 Å². The Hall–Kier alpha value is -1.61. The first kappa shape index (κ1) is 19.7. The maximum atomic E-state index is 12.9. The summed E-state index contributed by atoms with van der Waals surface area (Å²) in [6, 6.07) is 2.16. The monoisotopic (exact) mass is 389 g/mol. The molecule has 0 bridgehead atoms. The highest BCUT2D eigenvalue weighted by Gasteiger charge is 2.79. The van der Waals surface area contributed by atoms with E-state index >= 15 is 0 Å². The average molecular weight is 389 g/mol. The summed E-state index contributed by atoms with van der Waals surface area (Å²) in [5, 5.41) is 8.91. The van der Waals surface area contributed by atoms with Crippen LogP contribution in [0.2, 0.25) is 0 Å². The lowest BCUT2D eigenvalue weighted by Gasteiger charge is -2.51. The van der Waals surface area contributed by atoms with Gasteiger partial charge in [0, 0.05) is 11.8 Å². The van der Waals surface area contributed by atoms with Crippen LogP contribution in [-0.4, -0.2) is 36.4 Å². The van der Waals surface area contributed by atoms with E-state index in [1.807, 2.05) is 6.92 Å². The lowest BCUT2D eigenvalue weighted by atomic mass is 9.65. The molecule has 6 nitrogen and oxygen atoms in total. The minimum Gasteiger partial charge on any atom is -0.462 e. The first-order chi connectivity index (χ1) is 13.5. The van der Waals surface area contributed by atoms with Crippen molar-refractivity contribution in [2.45, 2.75) is 96.1 Å². The van der Waals surface area contributed by atoms with E-state index < -0.39 is 0 Å². The van der Waals surface area contributed by atoms with Crippen LogP contribution in [0.1, 0.15) is 71.6 Å². The average Bonchev–Trinajstić information content (AvgIpc) is 3.35. The molecule has 4 rings (SSSR count). The van der Waals surface area contributed by atoms with Gasteiger partial charge < -0.3 is 14.2 Å². The molecule has 4 aliphatic carbocycles. The molecule has 0 aromatic carbocycles. The van der Waals surface area contributed by atoms with Crippen LogP contribution < -0.4 is 0 Å². The normalized spacial score (nSPS) is 41.6. The van der Waals surface area contributed by atoms with E-state index in [-0.39, 0.29) is 47.7 Å². The van der Waals surface area contributed by atoms with Crippen LogP contribution in [0.15, 0.2) is 0 Å². The predicted molar refractivity (Wildman–Crippen MR) is 99.8 cm³/mol. The van der Waals surface area contributed by atoms with Crippen LogP contribution in [0.3, 0.4) is 0 Å². The molecule has 0 N–H and O–H groups in total. The van der Waals surface area contributed by atoms with Gasteiger partial charge in [0.1, 0.15) is 12.2 Å². The molecule has 0 radical (unpaired) electrons. The fourth-order valence-corrected chi connectivity index (χ4v) is 5.96. The number of rotatable bonds is 7. The quantitative estimate of drug-likeness (QED) is 0.619. The molecular weight excluding hydrogens is 358 g/mol. The van der Waals surface area contributed by atoms with E-state index in [1.165, 1.54) is 6.42 Å². The van der Waals surface area contributed by atoms with Gasteiger partial charge in [-0.3, -0.25) is 9.59 Å². The van der Waals surface area contributed by atoms with E-state index in [0.717, 1.165) is 25.7 Å². The summed E-state index contributed by atoms with van der Waals surface area (Å²) >= 11 is 0. The fraction of sp³-hybridized carbons (Fsp3) is 0.864.